The van der Waals surface area contributed by atoms with Gasteiger partial charge in [0.2, 0.25) is 5.91 Å². The summed E-state index contributed by atoms with van der Waals surface area (Å²) in [6.45, 7) is 0.259. The molecule has 2 aromatic rings. The molecule has 1 heterocycles. The molecule has 0 aliphatic carbocycles. The SMILES string of the molecule is O=C(NC1CCN(c2cccc(OC(F)(F)F)c2)C1=O)c1cccc(Cl)c1. The van der Waals surface area contributed by atoms with Crippen LogP contribution in [0.4, 0.5) is 18.9 Å². The van der Waals surface area contributed by atoms with Crippen molar-refractivity contribution in [2.75, 3.05) is 11.4 Å². The fourth-order valence-corrected chi connectivity index (χ4v) is 2.98. The number of anilines is 1. The van der Waals surface area contributed by atoms with Gasteiger partial charge < -0.3 is 15.0 Å². The van der Waals surface area contributed by atoms with E-state index in [1.807, 2.05) is 0 Å². The highest BCUT2D eigenvalue weighted by Gasteiger charge is 2.35. The van der Waals surface area contributed by atoms with Gasteiger partial charge in [0, 0.05) is 28.9 Å². The van der Waals surface area contributed by atoms with E-state index in [1.54, 1.807) is 18.2 Å². The van der Waals surface area contributed by atoms with Crippen molar-refractivity contribution in [3.8, 4) is 5.75 Å². The minimum absolute atomic E-state index is 0.259. The first-order valence-corrected chi connectivity index (χ1v) is 8.34. The molecule has 1 saturated heterocycles. The molecule has 27 heavy (non-hydrogen) atoms. The predicted octanol–water partition coefficient (Wildman–Crippen LogP) is 3.77. The average Bonchev–Trinajstić information content (AvgIpc) is 2.94. The zero-order valence-electron chi connectivity index (χ0n) is 13.8. The highest BCUT2D eigenvalue weighted by molar-refractivity contribution is 6.31. The molecule has 1 N–H and O–H groups in total. The Morgan fingerprint density at radius 2 is 1.93 bits per heavy atom. The largest absolute Gasteiger partial charge is 0.573 e. The lowest BCUT2D eigenvalue weighted by Gasteiger charge is -2.18. The zero-order chi connectivity index (χ0) is 19.6. The van der Waals surface area contributed by atoms with Crippen LogP contribution in [0.1, 0.15) is 16.8 Å². The van der Waals surface area contributed by atoms with Crippen LogP contribution in [0.2, 0.25) is 5.02 Å². The summed E-state index contributed by atoms with van der Waals surface area (Å²) in [4.78, 5) is 26.1. The van der Waals surface area contributed by atoms with Crippen molar-refractivity contribution in [3.63, 3.8) is 0 Å². The van der Waals surface area contributed by atoms with Gasteiger partial charge in [-0.25, -0.2) is 0 Å². The maximum atomic E-state index is 12.6. The number of alkyl halides is 3. The molecule has 2 aromatic carbocycles. The van der Waals surface area contributed by atoms with Crippen molar-refractivity contribution in [2.24, 2.45) is 0 Å². The van der Waals surface area contributed by atoms with Gasteiger partial charge in [-0.15, -0.1) is 13.2 Å². The van der Waals surface area contributed by atoms with Crippen LogP contribution >= 0.6 is 11.6 Å². The van der Waals surface area contributed by atoms with Gasteiger partial charge >= 0.3 is 6.36 Å². The Labute approximate surface area is 157 Å². The second-order valence-electron chi connectivity index (χ2n) is 5.86. The summed E-state index contributed by atoms with van der Waals surface area (Å²) in [6, 6.07) is 10.7. The first-order chi connectivity index (χ1) is 12.7. The zero-order valence-corrected chi connectivity index (χ0v) is 14.6. The van der Waals surface area contributed by atoms with Crippen LogP contribution in [0.15, 0.2) is 48.5 Å². The van der Waals surface area contributed by atoms with Crippen LogP contribution in [0.25, 0.3) is 0 Å². The number of rotatable bonds is 4. The van der Waals surface area contributed by atoms with E-state index in [2.05, 4.69) is 10.1 Å². The average molecular weight is 399 g/mol. The van der Waals surface area contributed by atoms with Gasteiger partial charge in [-0.3, -0.25) is 9.59 Å². The maximum absolute atomic E-state index is 12.6. The number of ether oxygens (including phenoxy) is 1. The lowest BCUT2D eigenvalue weighted by Crippen LogP contribution is -2.41. The molecule has 5 nitrogen and oxygen atoms in total. The number of halogens is 4. The Morgan fingerprint density at radius 1 is 1.19 bits per heavy atom. The van der Waals surface area contributed by atoms with Crippen molar-refractivity contribution in [1.29, 1.82) is 0 Å². The molecule has 142 valence electrons. The third kappa shape index (κ3) is 4.71. The van der Waals surface area contributed by atoms with Gasteiger partial charge in [0.25, 0.3) is 5.91 Å². The van der Waals surface area contributed by atoms with Crippen LogP contribution in [0, 0.1) is 0 Å². The molecule has 0 saturated carbocycles. The Kier molecular flexibility index (Phi) is 5.27. The van der Waals surface area contributed by atoms with Crippen molar-refractivity contribution in [2.45, 2.75) is 18.8 Å². The molecule has 1 fully saturated rings. The van der Waals surface area contributed by atoms with Crippen LogP contribution < -0.4 is 15.0 Å². The molecule has 2 amide bonds. The topological polar surface area (TPSA) is 58.6 Å². The fraction of sp³-hybridized carbons (Fsp3) is 0.222. The standard InChI is InChI=1S/C18H14ClF3N2O3/c19-12-4-1-3-11(9-12)16(25)23-15-7-8-24(17(15)26)13-5-2-6-14(10-13)27-18(20,21)22/h1-6,9-10,15H,7-8H2,(H,23,25). The molecule has 1 aliphatic heterocycles. The van der Waals surface area contributed by atoms with Crippen molar-refractivity contribution in [3.05, 3.63) is 59.1 Å². The van der Waals surface area contributed by atoms with E-state index in [0.29, 0.717) is 17.0 Å². The van der Waals surface area contributed by atoms with Crippen LogP contribution in [0.5, 0.6) is 5.75 Å². The number of hydrogen-bond donors (Lipinski definition) is 1. The molecular formula is C18H14ClF3N2O3. The molecule has 0 radical (unpaired) electrons. The molecular weight excluding hydrogens is 385 g/mol. The first kappa shape index (κ1) is 19.0. The smallest absolute Gasteiger partial charge is 0.406 e. The normalized spacial score (nSPS) is 17.1. The van der Waals surface area contributed by atoms with E-state index in [1.165, 1.54) is 23.1 Å². The number of nitrogens with one attached hydrogen (secondary N) is 1. The Hall–Kier alpha value is -2.74. The van der Waals surface area contributed by atoms with E-state index in [4.69, 9.17) is 11.6 Å². The van der Waals surface area contributed by atoms with Gasteiger partial charge in [0.05, 0.1) is 0 Å². The third-order valence-electron chi connectivity index (χ3n) is 3.96. The second-order valence-corrected chi connectivity index (χ2v) is 6.30. The van der Waals surface area contributed by atoms with E-state index in [9.17, 15) is 22.8 Å². The minimum atomic E-state index is -4.82. The Morgan fingerprint density at radius 3 is 2.63 bits per heavy atom. The second kappa shape index (κ2) is 7.48. The number of hydrogen-bond acceptors (Lipinski definition) is 3. The molecule has 0 spiro atoms. The lowest BCUT2D eigenvalue weighted by atomic mass is 10.2. The predicted molar refractivity (Wildman–Crippen MR) is 92.8 cm³/mol. The molecule has 1 unspecified atom stereocenters. The summed E-state index contributed by atoms with van der Waals surface area (Å²) < 4.78 is 41.0. The van der Waals surface area contributed by atoms with E-state index >= 15 is 0 Å². The summed E-state index contributed by atoms with van der Waals surface area (Å²) in [5.41, 5.74) is 0.579. The van der Waals surface area contributed by atoms with Gasteiger partial charge in [0.15, 0.2) is 0 Å². The van der Waals surface area contributed by atoms with Crippen molar-refractivity contribution in [1.82, 2.24) is 5.32 Å². The van der Waals surface area contributed by atoms with Gasteiger partial charge in [-0.1, -0.05) is 23.7 Å². The van der Waals surface area contributed by atoms with Gasteiger partial charge in [-0.2, -0.15) is 0 Å². The third-order valence-corrected chi connectivity index (χ3v) is 4.20. The maximum Gasteiger partial charge on any atom is 0.573 e. The summed E-state index contributed by atoms with van der Waals surface area (Å²) in [5, 5.41) is 3.02. The monoisotopic (exact) mass is 398 g/mol. The summed E-state index contributed by atoms with van der Waals surface area (Å²) in [7, 11) is 0. The van der Waals surface area contributed by atoms with Gasteiger partial charge in [-0.05, 0) is 36.8 Å². The highest BCUT2D eigenvalue weighted by Crippen LogP contribution is 2.29. The summed E-state index contributed by atoms with van der Waals surface area (Å²) >= 11 is 5.85. The van der Waals surface area contributed by atoms with Crippen LogP contribution in [0.3, 0.4) is 0 Å². The van der Waals surface area contributed by atoms with Crippen LogP contribution in [-0.2, 0) is 4.79 Å². The lowest BCUT2D eigenvalue weighted by molar-refractivity contribution is -0.274. The number of carbonyl (C=O) groups is 2. The highest BCUT2D eigenvalue weighted by atomic mass is 35.5. The van der Waals surface area contributed by atoms with Crippen molar-refractivity contribution < 1.29 is 27.5 Å². The number of amides is 2. The van der Waals surface area contributed by atoms with Crippen molar-refractivity contribution >= 4 is 29.1 Å². The summed E-state index contributed by atoms with van der Waals surface area (Å²) in [6.07, 6.45) is -4.49. The molecule has 1 aliphatic rings. The summed E-state index contributed by atoms with van der Waals surface area (Å²) in [5.74, 6) is -1.28. The number of carbonyl (C=O) groups excluding carboxylic acids is 2. The molecule has 0 bridgehead atoms. The molecule has 0 aromatic heterocycles. The minimum Gasteiger partial charge on any atom is -0.406 e. The molecule has 9 heteroatoms. The Bertz CT molecular complexity index is 873. The van der Waals surface area contributed by atoms with E-state index in [-0.39, 0.29) is 12.2 Å². The fourth-order valence-electron chi connectivity index (χ4n) is 2.79. The first-order valence-electron chi connectivity index (χ1n) is 7.96. The van der Waals surface area contributed by atoms with E-state index < -0.39 is 30.0 Å². The number of benzene rings is 2. The van der Waals surface area contributed by atoms with Crippen LogP contribution in [-0.4, -0.2) is 30.8 Å². The molecule has 3 rings (SSSR count). The van der Waals surface area contributed by atoms with E-state index in [0.717, 1.165) is 12.1 Å². The quantitative estimate of drug-likeness (QED) is 0.852. The number of nitrogens with zero attached hydrogens (tertiary/aromatic N) is 1. The van der Waals surface area contributed by atoms with Gasteiger partial charge in [0.1, 0.15) is 11.8 Å². The Balaban J connectivity index is 1.70. The molecule has 1 atom stereocenters.